The zero-order valence-electron chi connectivity index (χ0n) is 11.8. The van der Waals surface area contributed by atoms with E-state index in [9.17, 15) is 0 Å². The van der Waals surface area contributed by atoms with Crippen molar-refractivity contribution >= 4 is 0 Å². The summed E-state index contributed by atoms with van der Waals surface area (Å²) in [5.74, 6) is 1.73. The molecule has 0 aromatic rings. The van der Waals surface area contributed by atoms with Gasteiger partial charge in [-0.15, -0.1) is 0 Å². The van der Waals surface area contributed by atoms with E-state index >= 15 is 0 Å². The second-order valence-corrected chi connectivity index (χ2v) is 5.85. The van der Waals surface area contributed by atoms with Crippen LogP contribution in [0.2, 0.25) is 0 Å². The van der Waals surface area contributed by atoms with Gasteiger partial charge in [-0.2, -0.15) is 0 Å². The van der Waals surface area contributed by atoms with E-state index in [0.717, 1.165) is 24.9 Å². The number of nitrogens with zero attached hydrogens (tertiary/aromatic N) is 1. The van der Waals surface area contributed by atoms with Gasteiger partial charge in [-0.25, -0.2) is 0 Å². The summed E-state index contributed by atoms with van der Waals surface area (Å²) < 4.78 is 0. The fourth-order valence-corrected chi connectivity index (χ4v) is 2.36. The highest BCUT2D eigenvalue weighted by Gasteiger charge is 2.30. The van der Waals surface area contributed by atoms with Crippen LogP contribution in [0.1, 0.15) is 47.5 Å². The third-order valence-corrected chi connectivity index (χ3v) is 3.63. The first kappa shape index (κ1) is 14.0. The Morgan fingerprint density at radius 2 is 1.81 bits per heavy atom. The molecule has 2 heteroatoms. The smallest absolute Gasteiger partial charge is 0.0246 e. The van der Waals surface area contributed by atoms with Crippen molar-refractivity contribution < 1.29 is 0 Å². The molecule has 16 heavy (non-hydrogen) atoms. The maximum absolute atomic E-state index is 3.52. The number of likely N-dealkylation sites (N-methyl/N-ethyl adjacent to an activating group) is 1. The van der Waals surface area contributed by atoms with Crippen LogP contribution in [0.15, 0.2) is 0 Å². The molecule has 1 unspecified atom stereocenters. The topological polar surface area (TPSA) is 15.3 Å². The van der Waals surface area contributed by atoms with Gasteiger partial charge in [-0.1, -0.05) is 20.8 Å². The fraction of sp³-hybridized carbons (Fsp3) is 1.00. The van der Waals surface area contributed by atoms with E-state index in [1.54, 1.807) is 0 Å². The van der Waals surface area contributed by atoms with Crippen molar-refractivity contribution in [2.75, 3.05) is 19.6 Å². The van der Waals surface area contributed by atoms with Gasteiger partial charge >= 0.3 is 0 Å². The number of rotatable bonds is 8. The average molecular weight is 226 g/mol. The molecule has 2 nitrogen and oxygen atoms in total. The molecule has 0 heterocycles. The predicted octanol–water partition coefficient (Wildman–Crippen LogP) is 2.74. The van der Waals surface area contributed by atoms with E-state index in [4.69, 9.17) is 0 Å². The lowest BCUT2D eigenvalue weighted by atomic mass is 10.00. The summed E-state index contributed by atoms with van der Waals surface area (Å²) in [6.45, 7) is 15.1. The molecule has 0 amide bonds. The van der Waals surface area contributed by atoms with Gasteiger partial charge in [0.2, 0.25) is 0 Å². The van der Waals surface area contributed by atoms with E-state index in [1.807, 2.05) is 0 Å². The van der Waals surface area contributed by atoms with Crippen LogP contribution in [0.5, 0.6) is 0 Å². The van der Waals surface area contributed by atoms with Gasteiger partial charge in [0, 0.05) is 25.2 Å². The Morgan fingerprint density at radius 1 is 1.19 bits per heavy atom. The van der Waals surface area contributed by atoms with Crippen molar-refractivity contribution in [2.24, 2.45) is 11.8 Å². The highest BCUT2D eigenvalue weighted by Crippen LogP contribution is 2.31. The van der Waals surface area contributed by atoms with Crippen molar-refractivity contribution in [3.05, 3.63) is 0 Å². The molecule has 0 saturated heterocycles. The molecule has 1 aliphatic rings. The predicted molar refractivity (Wildman–Crippen MR) is 71.7 cm³/mol. The highest BCUT2D eigenvalue weighted by atomic mass is 15.2. The quantitative estimate of drug-likeness (QED) is 0.684. The van der Waals surface area contributed by atoms with Crippen LogP contribution in [0.25, 0.3) is 0 Å². The van der Waals surface area contributed by atoms with E-state index < -0.39 is 0 Å². The van der Waals surface area contributed by atoms with Gasteiger partial charge in [0.1, 0.15) is 0 Å². The Hall–Kier alpha value is -0.0800. The van der Waals surface area contributed by atoms with E-state index in [1.165, 1.54) is 19.4 Å². The summed E-state index contributed by atoms with van der Waals surface area (Å²) in [7, 11) is 0. The van der Waals surface area contributed by atoms with Gasteiger partial charge in [-0.3, -0.25) is 4.90 Å². The fourth-order valence-electron chi connectivity index (χ4n) is 2.36. The van der Waals surface area contributed by atoms with Crippen LogP contribution in [0.3, 0.4) is 0 Å². The maximum Gasteiger partial charge on any atom is 0.0246 e. The molecule has 0 aliphatic heterocycles. The minimum absolute atomic E-state index is 0.673. The first-order valence-corrected chi connectivity index (χ1v) is 7.02. The number of hydrogen-bond acceptors (Lipinski definition) is 2. The molecule has 1 fully saturated rings. The minimum Gasteiger partial charge on any atom is -0.315 e. The number of hydrogen-bond donors (Lipinski definition) is 1. The lowest BCUT2D eigenvalue weighted by Crippen LogP contribution is -2.49. The van der Waals surface area contributed by atoms with Gasteiger partial charge in [0.05, 0.1) is 0 Å². The maximum atomic E-state index is 3.52. The average Bonchev–Trinajstić information content (AvgIpc) is 2.99. The minimum atomic E-state index is 0.673. The van der Waals surface area contributed by atoms with Crippen LogP contribution in [-0.2, 0) is 0 Å². The highest BCUT2D eigenvalue weighted by molar-refractivity contribution is 4.85. The molecular formula is C14H30N2. The van der Waals surface area contributed by atoms with Crippen molar-refractivity contribution in [3.63, 3.8) is 0 Å². The van der Waals surface area contributed by atoms with Crippen molar-refractivity contribution in [2.45, 2.75) is 59.5 Å². The molecule has 1 atom stereocenters. The summed E-state index contributed by atoms with van der Waals surface area (Å²) >= 11 is 0. The summed E-state index contributed by atoms with van der Waals surface area (Å²) in [6.07, 6.45) is 2.91. The molecule has 0 spiro atoms. The first-order chi connectivity index (χ1) is 7.56. The normalized spacial score (nSPS) is 18.8. The van der Waals surface area contributed by atoms with E-state index in [0.29, 0.717) is 12.1 Å². The molecule has 1 saturated carbocycles. The Bertz CT molecular complexity index is 185. The van der Waals surface area contributed by atoms with Crippen LogP contribution in [0, 0.1) is 11.8 Å². The SMILES string of the molecule is CCNCC(C(C)C)N(CC1CC1)C(C)C. The monoisotopic (exact) mass is 226 g/mol. The lowest BCUT2D eigenvalue weighted by molar-refractivity contribution is 0.110. The van der Waals surface area contributed by atoms with Crippen LogP contribution < -0.4 is 5.32 Å². The zero-order valence-corrected chi connectivity index (χ0v) is 11.8. The van der Waals surface area contributed by atoms with Gasteiger partial charge in [0.25, 0.3) is 0 Å². The lowest BCUT2D eigenvalue weighted by Gasteiger charge is -2.37. The summed E-state index contributed by atoms with van der Waals surface area (Å²) in [4.78, 5) is 2.71. The van der Waals surface area contributed by atoms with Crippen LogP contribution >= 0.6 is 0 Å². The molecule has 1 rings (SSSR count). The molecule has 0 aromatic carbocycles. The number of nitrogens with one attached hydrogen (secondary N) is 1. The van der Waals surface area contributed by atoms with Crippen molar-refractivity contribution in [3.8, 4) is 0 Å². The second kappa shape index (κ2) is 6.61. The van der Waals surface area contributed by atoms with Gasteiger partial charge < -0.3 is 5.32 Å². The second-order valence-electron chi connectivity index (χ2n) is 5.85. The van der Waals surface area contributed by atoms with Crippen LogP contribution in [0.4, 0.5) is 0 Å². The van der Waals surface area contributed by atoms with Gasteiger partial charge in [0.15, 0.2) is 0 Å². The summed E-state index contributed by atoms with van der Waals surface area (Å²) in [5.41, 5.74) is 0. The summed E-state index contributed by atoms with van der Waals surface area (Å²) in [5, 5.41) is 3.52. The Morgan fingerprint density at radius 3 is 2.19 bits per heavy atom. The Balaban J connectivity index is 2.53. The van der Waals surface area contributed by atoms with Crippen molar-refractivity contribution in [1.29, 1.82) is 0 Å². The van der Waals surface area contributed by atoms with Crippen molar-refractivity contribution in [1.82, 2.24) is 10.2 Å². The molecule has 1 aliphatic carbocycles. The summed E-state index contributed by atoms with van der Waals surface area (Å²) in [6, 6.07) is 1.37. The van der Waals surface area contributed by atoms with E-state index in [2.05, 4.69) is 44.8 Å². The molecule has 96 valence electrons. The van der Waals surface area contributed by atoms with Crippen LogP contribution in [-0.4, -0.2) is 36.6 Å². The standard InChI is InChI=1S/C14H30N2/c1-6-15-9-14(11(2)3)16(12(4)5)10-13-7-8-13/h11-15H,6-10H2,1-5H3. The molecule has 1 N–H and O–H groups in total. The zero-order chi connectivity index (χ0) is 12.1. The Kier molecular flexibility index (Phi) is 5.77. The molecule has 0 radical (unpaired) electrons. The molecule has 0 bridgehead atoms. The van der Waals surface area contributed by atoms with E-state index in [-0.39, 0.29) is 0 Å². The molecule has 0 aromatic heterocycles. The Labute approximate surface area is 102 Å². The first-order valence-electron chi connectivity index (χ1n) is 7.02. The van der Waals surface area contributed by atoms with Gasteiger partial charge in [-0.05, 0) is 45.1 Å². The third-order valence-electron chi connectivity index (χ3n) is 3.63. The molecular weight excluding hydrogens is 196 g/mol. The largest absolute Gasteiger partial charge is 0.315 e. The third kappa shape index (κ3) is 4.42.